The number of H-pyrrole nitrogens is 1. The summed E-state index contributed by atoms with van der Waals surface area (Å²) >= 11 is 2.93. The third-order valence-electron chi connectivity index (χ3n) is 5.79. The van der Waals surface area contributed by atoms with Crippen LogP contribution in [0.15, 0.2) is 28.2 Å². The summed E-state index contributed by atoms with van der Waals surface area (Å²) in [4.78, 5) is 35.3. The van der Waals surface area contributed by atoms with Crippen LogP contribution in [-0.4, -0.2) is 21.1 Å². The van der Waals surface area contributed by atoms with Crippen LogP contribution in [0.5, 0.6) is 0 Å². The fourth-order valence-electron chi connectivity index (χ4n) is 4.03. The molecule has 0 aliphatic heterocycles. The molecule has 1 aliphatic carbocycles. The number of aryl methyl sites for hydroxylation is 3. The number of hydrogen-bond donors (Lipinski definition) is 2. The van der Waals surface area contributed by atoms with E-state index in [0.29, 0.717) is 11.1 Å². The molecule has 0 saturated carbocycles. The van der Waals surface area contributed by atoms with Gasteiger partial charge in [0.1, 0.15) is 4.83 Å². The number of aromatic amines is 1. The van der Waals surface area contributed by atoms with E-state index < -0.39 is 0 Å². The number of hydrogen-bond acceptors (Lipinski definition) is 5. The summed E-state index contributed by atoms with van der Waals surface area (Å²) in [6.07, 6.45) is 3.94. The molecule has 2 aromatic heterocycles. The molecule has 1 aromatic carbocycles. The lowest BCUT2D eigenvalue weighted by atomic mass is 9.89. The summed E-state index contributed by atoms with van der Waals surface area (Å²) in [5.74, 6) is 0.558. The molecular weight excluding hydrogens is 414 g/mol. The number of nitrogens with zero attached hydrogens (tertiary/aromatic N) is 1. The molecule has 4 rings (SSSR count). The lowest BCUT2D eigenvalue weighted by Gasteiger charge is -2.17. The molecular formula is C23H27N3O2S2. The van der Waals surface area contributed by atoms with E-state index >= 15 is 0 Å². The average molecular weight is 442 g/mol. The summed E-state index contributed by atoms with van der Waals surface area (Å²) in [6.45, 7) is 8.17. The van der Waals surface area contributed by atoms with Gasteiger partial charge < -0.3 is 10.3 Å². The minimum Gasteiger partial charge on any atom is -0.325 e. The molecule has 2 heterocycles. The van der Waals surface area contributed by atoms with Gasteiger partial charge in [-0.3, -0.25) is 9.59 Å². The first-order valence-corrected chi connectivity index (χ1v) is 12.2. The van der Waals surface area contributed by atoms with Crippen LogP contribution in [0, 0.1) is 12.8 Å². The van der Waals surface area contributed by atoms with E-state index in [1.165, 1.54) is 22.2 Å². The van der Waals surface area contributed by atoms with Gasteiger partial charge in [-0.1, -0.05) is 43.8 Å². The average Bonchev–Trinajstić information content (AvgIpc) is 3.06. The normalized spacial score (nSPS) is 17.0. The highest BCUT2D eigenvalue weighted by Crippen LogP contribution is 2.36. The summed E-state index contributed by atoms with van der Waals surface area (Å²) < 4.78 is 0. The van der Waals surface area contributed by atoms with Gasteiger partial charge in [0.05, 0.1) is 10.6 Å². The van der Waals surface area contributed by atoms with Crippen molar-refractivity contribution in [3.63, 3.8) is 0 Å². The molecule has 0 radical (unpaired) electrons. The predicted octanol–water partition coefficient (Wildman–Crippen LogP) is 5.10. The third-order valence-corrected chi connectivity index (χ3v) is 7.92. The summed E-state index contributed by atoms with van der Waals surface area (Å²) in [5, 5.41) is 3.93. The second-order valence-corrected chi connectivity index (χ2v) is 10.5. The number of rotatable bonds is 5. The van der Waals surface area contributed by atoms with Gasteiger partial charge in [-0.05, 0) is 62.1 Å². The minimum atomic E-state index is -0.385. The highest BCUT2D eigenvalue weighted by atomic mass is 32.2. The van der Waals surface area contributed by atoms with Crippen molar-refractivity contribution >= 4 is 44.9 Å². The monoisotopic (exact) mass is 441 g/mol. The SMILES string of the molecule is CCc1cccc(C)c1NC(=O)C(C)Sc1nc2sc3c(c2c(=O)[nH]1)CCC(C)C3. The fourth-order valence-corrected chi connectivity index (χ4v) is 6.27. The molecule has 5 nitrogen and oxygen atoms in total. The van der Waals surface area contributed by atoms with Gasteiger partial charge in [0.25, 0.3) is 5.56 Å². The number of benzene rings is 1. The Morgan fingerprint density at radius 2 is 2.23 bits per heavy atom. The maximum Gasteiger partial charge on any atom is 0.260 e. The highest BCUT2D eigenvalue weighted by Gasteiger charge is 2.24. The fraction of sp³-hybridized carbons (Fsp3) is 0.435. The molecule has 3 aromatic rings. The Labute approximate surface area is 184 Å². The number of amides is 1. The third kappa shape index (κ3) is 4.05. The standard InChI is InChI=1S/C23H27N3O2S2/c1-5-15-8-6-7-13(3)19(15)24-20(27)14(4)29-23-25-21(28)18-16-10-9-12(2)11-17(16)30-22(18)26-23/h6-8,12,14H,5,9-11H2,1-4H3,(H,24,27)(H,25,26,28). The Kier molecular flexibility index (Phi) is 6.02. The van der Waals surface area contributed by atoms with Crippen LogP contribution in [0.2, 0.25) is 0 Å². The van der Waals surface area contributed by atoms with Gasteiger partial charge >= 0.3 is 0 Å². The van der Waals surface area contributed by atoms with E-state index in [9.17, 15) is 9.59 Å². The molecule has 1 amide bonds. The van der Waals surface area contributed by atoms with Gasteiger partial charge in [0.15, 0.2) is 5.16 Å². The van der Waals surface area contributed by atoms with Crippen LogP contribution >= 0.6 is 23.1 Å². The van der Waals surface area contributed by atoms with Gasteiger partial charge in [0.2, 0.25) is 5.91 Å². The lowest BCUT2D eigenvalue weighted by molar-refractivity contribution is -0.115. The number of para-hydroxylation sites is 1. The Morgan fingerprint density at radius 1 is 1.43 bits per heavy atom. The van der Waals surface area contributed by atoms with Crippen molar-refractivity contribution in [3.05, 3.63) is 50.1 Å². The molecule has 0 bridgehead atoms. The predicted molar refractivity (Wildman–Crippen MR) is 126 cm³/mol. The van der Waals surface area contributed by atoms with Crippen LogP contribution in [0.3, 0.4) is 0 Å². The Morgan fingerprint density at radius 3 is 3.00 bits per heavy atom. The molecule has 0 saturated heterocycles. The lowest BCUT2D eigenvalue weighted by Crippen LogP contribution is -2.24. The minimum absolute atomic E-state index is 0.0886. The van der Waals surface area contributed by atoms with Crippen molar-refractivity contribution in [2.45, 2.75) is 63.8 Å². The van der Waals surface area contributed by atoms with Gasteiger partial charge in [-0.15, -0.1) is 11.3 Å². The van der Waals surface area contributed by atoms with Crippen LogP contribution in [-0.2, 0) is 24.1 Å². The van der Waals surface area contributed by atoms with Crippen molar-refractivity contribution < 1.29 is 4.79 Å². The molecule has 0 spiro atoms. The van der Waals surface area contributed by atoms with Crippen LogP contribution in [0.1, 0.15) is 48.8 Å². The summed E-state index contributed by atoms with van der Waals surface area (Å²) in [7, 11) is 0. The number of anilines is 1. The van der Waals surface area contributed by atoms with Crippen molar-refractivity contribution in [1.82, 2.24) is 9.97 Å². The summed E-state index contributed by atoms with van der Waals surface area (Å²) in [5.41, 5.74) is 4.14. The van der Waals surface area contributed by atoms with E-state index in [4.69, 9.17) is 4.98 Å². The van der Waals surface area contributed by atoms with E-state index in [2.05, 4.69) is 24.1 Å². The second kappa shape index (κ2) is 8.55. The molecule has 158 valence electrons. The second-order valence-electron chi connectivity index (χ2n) is 8.11. The molecule has 30 heavy (non-hydrogen) atoms. The van der Waals surface area contributed by atoms with Gasteiger partial charge in [0, 0.05) is 10.6 Å². The maximum atomic E-state index is 12.8. The number of fused-ring (bicyclic) bond motifs is 3. The van der Waals surface area contributed by atoms with Crippen LogP contribution in [0.25, 0.3) is 10.2 Å². The highest BCUT2D eigenvalue weighted by molar-refractivity contribution is 8.00. The Bertz CT molecular complexity index is 1170. The smallest absolute Gasteiger partial charge is 0.260 e. The zero-order chi connectivity index (χ0) is 21.4. The first-order chi connectivity index (χ1) is 14.4. The first kappa shape index (κ1) is 21.1. The topological polar surface area (TPSA) is 74.8 Å². The number of nitrogens with one attached hydrogen (secondary N) is 2. The van der Waals surface area contributed by atoms with Crippen molar-refractivity contribution in [1.29, 1.82) is 0 Å². The first-order valence-electron chi connectivity index (χ1n) is 10.5. The van der Waals surface area contributed by atoms with E-state index in [1.807, 2.05) is 32.0 Å². The zero-order valence-electron chi connectivity index (χ0n) is 17.8. The summed E-state index contributed by atoms with van der Waals surface area (Å²) in [6, 6.07) is 6.04. The van der Waals surface area contributed by atoms with Gasteiger partial charge in [-0.2, -0.15) is 0 Å². The number of aromatic nitrogens is 2. The van der Waals surface area contributed by atoms with E-state index in [0.717, 1.165) is 52.7 Å². The molecule has 2 atom stereocenters. The quantitative estimate of drug-likeness (QED) is 0.427. The Balaban J connectivity index is 1.55. The van der Waals surface area contributed by atoms with Gasteiger partial charge in [-0.25, -0.2) is 4.98 Å². The van der Waals surface area contributed by atoms with E-state index in [1.54, 1.807) is 11.3 Å². The largest absolute Gasteiger partial charge is 0.325 e. The zero-order valence-corrected chi connectivity index (χ0v) is 19.4. The number of thioether (sulfide) groups is 1. The molecule has 7 heteroatoms. The van der Waals surface area contributed by atoms with Crippen molar-refractivity contribution in [2.75, 3.05) is 5.32 Å². The number of carbonyl (C=O) groups excluding carboxylic acids is 1. The van der Waals surface area contributed by atoms with Crippen molar-refractivity contribution in [2.24, 2.45) is 5.92 Å². The molecule has 2 unspecified atom stereocenters. The molecule has 2 N–H and O–H groups in total. The maximum absolute atomic E-state index is 12.8. The van der Waals surface area contributed by atoms with Crippen LogP contribution in [0.4, 0.5) is 5.69 Å². The van der Waals surface area contributed by atoms with E-state index in [-0.39, 0.29) is 16.7 Å². The molecule has 0 fully saturated rings. The van der Waals surface area contributed by atoms with Crippen LogP contribution < -0.4 is 10.9 Å². The number of carbonyl (C=O) groups is 1. The Hall–Kier alpha value is -2.12. The number of thiophene rings is 1. The van der Waals surface area contributed by atoms with Crippen molar-refractivity contribution in [3.8, 4) is 0 Å². The molecule has 1 aliphatic rings.